The van der Waals surface area contributed by atoms with Crippen molar-refractivity contribution in [2.45, 2.75) is 26.7 Å². The molecule has 1 N–H and O–H groups in total. The molecule has 0 aliphatic rings. The molecule has 1 amide bonds. The second-order valence-electron chi connectivity index (χ2n) is 6.60. The molecule has 0 radical (unpaired) electrons. The van der Waals surface area contributed by atoms with Crippen molar-refractivity contribution in [3.63, 3.8) is 0 Å². The maximum Gasteiger partial charge on any atom is 0.282 e. The van der Waals surface area contributed by atoms with Crippen LogP contribution in [0.4, 0.5) is 10.2 Å². The number of anilines is 1. The molecule has 1 aromatic carbocycles. The highest BCUT2D eigenvalue weighted by molar-refractivity contribution is 6.10. The molecule has 3 rings (SSSR count). The van der Waals surface area contributed by atoms with E-state index in [1.165, 1.54) is 16.8 Å². The zero-order chi connectivity index (χ0) is 23.6. The first-order valence-corrected chi connectivity index (χ1v) is 10.2. The van der Waals surface area contributed by atoms with Crippen molar-refractivity contribution < 1.29 is 23.5 Å². The molecule has 0 aliphatic carbocycles. The van der Waals surface area contributed by atoms with E-state index in [0.29, 0.717) is 36.1 Å². The van der Waals surface area contributed by atoms with Gasteiger partial charge in [-0.1, -0.05) is 23.4 Å². The molecule has 0 saturated carbocycles. The SMILES string of the molecule is CCOC(OCC)C(=O)Nc1cccc(CO/N=C(/c2cccc(F)c2)c2nnnn2C)n1. The summed E-state index contributed by atoms with van der Waals surface area (Å²) in [6, 6.07) is 10.9. The molecule has 0 saturated heterocycles. The van der Waals surface area contributed by atoms with E-state index in [4.69, 9.17) is 14.3 Å². The quantitative estimate of drug-likeness (QED) is 0.263. The highest BCUT2D eigenvalue weighted by Gasteiger charge is 2.19. The van der Waals surface area contributed by atoms with Crippen LogP contribution in [0.3, 0.4) is 0 Å². The van der Waals surface area contributed by atoms with E-state index in [0.717, 1.165) is 0 Å². The summed E-state index contributed by atoms with van der Waals surface area (Å²) >= 11 is 0. The van der Waals surface area contributed by atoms with Gasteiger partial charge in [0.25, 0.3) is 5.91 Å². The Bertz CT molecular complexity index is 1100. The standard InChI is InChI=1S/C21H24FN7O4/c1-4-31-21(32-5-2)20(30)24-17-11-7-10-16(23-17)13-33-26-18(19-25-27-28-29(19)3)14-8-6-9-15(22)12-14/h6-12,21H,4-5,13H2,1-3H3,(H,23,24,30)/b26-18-. The molecule has 0 fully saturated rings. The van der Waals surface area contributed by atoms with E-state index < -0.39 is 18.0 Å². The lowest BCUT2D eigenvalue weighted by atomic mass is 10.1. The third kappa shape index (κ3) is 6.60. The second-order valence-corrected chi connectivity index (χ2v) is 6.60. The summed E-state index contributed by atoms with van der Waals surface area (Å²) in [5.74, 6) is -0.298. The number of carbonyl (C=O) groups is 1. The Hall–Kier alpha value is -3.77. The molecule has 0 spiro atoms. The van der Waals surface area contributed by atoms with Gasteiger partial charge >= 0.3 is 0 Å². The average molecular weight is 457 g/mol. The van der Waals surface area contributed by atoms with Crippen LogP contribution in [-0.4, -0.2) is 56.3 Å². The summed E-state index contributed by atoms with van der Waals surface area (Å²) < 4.78 is 25.7. The summed E-state index contributed by atoms with van der Waals surface area (Å²) in [5, 5.41) is 18.1. The zero-order valence-electron chi connectivity index (χ0n) is 18.4. The van der Waals surface area contributed by atoms with Gasteiger partial charge in [-0.15, -0.1) is 5.10 Å². The highest BCUT2D eigenvalue weighted by Crippen LogP contribution is 2.12. The largest absolute Gasteiger partial charge is 0.389 e. The normalized spacial score (nSPS) is 11.6. The van der Waals surface area contributed by atoms with Crippen molar-refractivity contribution >= 4 is 17.4 Å². The Labute approximate surface area is 189 Å². The lowest BCUT2D eigenvalue weighted by Gasteiger charge is -2.16. The summed E-state index contributed by atoms with van der Waals surface area (Å²) in [6.07, 6.45) is -1.03. The van der Waals surface area contributed by atoms with Crippen LogP contribution >= 0.6 is 0 Å². The number of pyridine rings is 1. The van der Waals surface area contributed by atoms with Crippen LogP contribution in [0.1, 0.15) is 30.9 Å². The molecule has 11 nitrogen and oxygen atoms in total. The van der Waals surface area contributed by atoms with Crippen molar-refractivity contribution in [2.75, 3.05) is 18.5 Å². The van der Waals surface area contributed by atoms with Gasteiger partial charge in [-0.3, -0.25) is 4.79 Å². The van der Waals surface area contributed by atoms with Crippen LogP contribution in [0.25, 0.3) is 0 Å². The van der Waals surface area contributed by atoms with Gasteiger partial charge in [-0.2, -0.15) is 0 Å². The van der Waals surface area contributed by atoms with Crippen LogP contribution in [0, 0.1) is 5.82 Å². The number of benzene rings is 1. The van der Waals surface area contributed by atoms with Crippen molar-refractivity contribution in [3.05, 3.63) is 65.4 Å². The fraction of sp³-hybridized carbons (Fsp3) is 0.333. The number of carbonyl (C=O) groups excluding carboxylic acids is 1. The van der Waals surface area contributed by atoms with E-state index >= 15 is 0 Å². The molecule has 12 heteroatoms. The predicted molar refractivity (Wildman–Crippen MR) is 116 cm³/mol. The Morgan fingerprint density at radius 1 is 1.18 bits per heavy atom. The summed E-state index contributed by atoms with van der Waals surface area (Å²) in [4.78, 5) is 22.2. The number of halogens is 1. The molecule has 2 aromatic heterocycles. The van der Waals surface area contributed by atoms with Gasteiger partial charge in [-0.25, -0.2) is 14.1 Å². The third-order valence-electron chi connectivity index (χ3n) is 4.21. The van der Waals surface area contributed by atoms with Crippen molar-refractivity contribution in [1.82, 2.24) is 25.2 Å². The topological polar surface area (TPSA) is 126 Å². The van der Waals surface area contributed by atoms with E-state index in [-0.39, 0.29) is 12.3 Å². The molecule has 0 bridgehead atoms. The number of rotatable bonds is 11. The molecule has 3 aromatic rings. The fourth-order valence-electron chi connectivity index (χ4n) is 2.77. The Morgan fingerprint density at radius 3 is 2.61 bits per heavy atom. The molecule has 33 heavy (non-hydrogen) atoms. The fourth-order valence-corrected chi connectivity index (χ4v) is 2.77. The molecular formula is C21H24FN7O4. The van der Waals surface area contributed by atoms with Crippen molar-refractivity contribution in [2.24, 2.45) is 12.2 Å². The predicted octanol–water partition coefficient (Wildman–Crippen LogP) is 2.05. The van der Waals surface area contributed by atoms with Gasteiger partial charge in [0.2, 0.25) is 12.1 Å². The van der Waals surface area contributed by atoms with Gasteiger partial charge in [0.1, 0.15) is 11.6 Å². The van der Waals surface area contributed by atoms with Crippen molar-refractivity contribution in [1.29, 1.82) is 0 Å². The lowest BCUT2D eigenvalue weighted by Crippen LogP contribution is -2.33. The van der Waals surface area contributed by atoms with Gasteiger partial charge < -0.3 is 19.6 Å². The zero-order valence-corrected chi connectivity index (χ0v) is 18.4. The summed E-state index contributed by atoms with van der Waals surface area (Å²) in [7, 11) is 1.63. The van der Waals surface area contributed by atoms with Gasteiger partial charge in [0.15, 0.2) is 12.3 Å². The first kappa shape index (κ1) is 23.9. The minimum Gasteiger partial charge on any atom is -0.389 e. The van der Waals surface area contributed by atoms with E-state index in [2.05, 4.69) is 31.0 Å². The molecule has 0 unspecified atom stereocenters. The van der Waals surface area contributed by atoms with Crippen LogP contribution in [0.2, 0.25) is 0 Å². The molecule has 174 valence electrons. The molecular weight excluding hydrogens is 433 g/mol. The number of tetrazole rings is 1. The highest BCUT2D eigenvalue weighted by atomic mass is 19.1. The Balaban J connectivity index is 1.73. The van der Waals surface area contributed by atoms with Crippen LogP contribution in [-0.2, 0) is 32.8 Å². The van der Waals surface area contributed by atoms with Crippen LogP contribution < -0.4 is 5.32 Å². The number of hydrogen-bond acceptors (Lipinski definition) is 9. The maximum atomic E-state index is 13.7. The lowest BCUT2D eigenvalue weighted by molar-refractivity contribution is -0.164. The number of nitrogens with zero attached hydrogens (tertiary/aromatic N) is 6. The summed E-state index contributed by atoms with van der Waals surface area (Å²) in [5.41, 5.74) is 1.19. The number of hydrogen-bond donors (Lipinski definition) is 1. The maximum absolute atomic E-state index is 13.7. The monoisotopic (exact) mass is 457 g/mol. The first-order chi connectivity index (χ1) is 16.0. The second kappa shape index (κ2) is 11.7. The van der Waals surface area contributed by atoms with E-state index in [9.17, 15) is 9.18 Å². The number of amides is 1. The summed E-state index contributed by atoms with van der Waals surface area (Å²) in [6.45, 7) is 4.17. The van der Waals surface area contributed by atoms with E-state index in [1.54, 1.807) is 51.2 Å². The number of ether oxygens (including phenoxy) is 2. The minimum atomic E-state index is -1.03. The van der Waals surface area contributed by atoms with Gasteiger partial charge in [0, 0.05) is 25.8 Å². The molecule has 0 atom stereocenters. The van der Waals surface area contributed by atoms with Crippen LogP contribution in [0.15, 0.2) is 47.6 Å². The van der Waals surface area contributed by atoms with Crippen molar-refractivity contribution in [3.8, 4) is 0 Å². The number of aromatic nitrogens is 5. The van der Waals surface area contributed by atoms with Gasteiger partial charge in [-0.05, 0) is 48.5 Å². The smallest absolute Gasteiger partial charge is 0.282 e. The minimum absolute atomic E-state index is 0.0197. The Kier molecular flexibility index (Phi) is 8.49. The van der Waals surface area contributed by atoms with E-state index in [1.807, 2.05) is 0 Å². The molecule has 0 aliphatic heterocycles. The molecule has 2 heterocycles. The number of aryl methyl sites for hydroxylation is 1. The average Bonchev–Trinajstić information content (AvgIpc) is 3.22. The number of oxime groups is 1. The third-order valence-corrected chi connectivity index (χ3v) is 4.21. The van der Waals surface area contributed by atoms with Crippen LogP contribution in [0.5, 0.6) is 0 Å². The number of nitrogens with one attached hydrogen (secondary N) is 1. The Morgan fingerprint density at radius 2 is 1.94 bits per heavy atom. The van der Waals surface area contributed by atoms with Gasteiger partial charge in [0.05, 0.1) is 5.69 Å². The first-order valence-electron chi connectivity index (χ1n) is 10.2.